The summed E-state index contributed by atoms with van der Waals surface area (Å²) in [6, 6.07) is 13.9. The Morgan fingerprint density at radius 1 is 1.00 bits per heavy atom. The fourth-order valence-corrected chi connectivity index (χ4v) is 2.68. The van der Waals surface area contributed by atoms with Gasteiger partial charge in [0.25, 0.3) is 0 Å². The predicted molar refractivity (Wildman–Crippen MR) is 72.4 cm³/mol. The van der Waals surface area contributed by atoms with Gasteiger partial charge in [-0.3, -0.25) is 0 Å². The molecule has 0 spiro atoms. The first-order valence-electron chi connectivity index (χ1n) is 6.32. The van der Waals surface area contributed by atoms with E-state index >= 15 is 0 Å². The van der Waals surface area contributed by atoms with E-state index in [-0.39, 0.29) is 5.82 Å². The fraction of sp³-hybridized carbons (Fsp3) is 0.250. The van der Waals surface area contributed by atoms with Crippen LogP contribution >= 0.6 is 0 Å². The number of hydrogen-bond acceptors (Lipinski definition) is 1. The molecule has 0 saturated heterocycles. The first-order chi connectivity index (χ1) is 8.74. The van der Waals surface area contributed by atoms with Crippen molar-refractivity contribution >= 4 is 5.69 Å². The Hall–Kier alpha value is -1.83. The average Bonchev–Trinajstić information content (AvgIpc) is 2.76. The van der Waals surface area contributed by atoms with Crippen molar-refractivity contribution in [2.75, 3.05) is 5.32 Å². The monoisotopic (exact) mass is 241 g/mol. The summed E-state index contributed by atoms with van der Waals surface area (Å²) in [5.74, 6) is -0.161. The third-order valence-corrected chi connectivity index (χ3v) is 3.62. The summed E-state index contributed by atoms with van der Waals surface area (Å²) in [6.45, 7) is 1.94. The molecule has 0 aromatic heterocycles. The number of nitrogens with one attached hydrogen (secondary N) is 1. The Bertz CT molecular complexity index is 532. The highest BCUT2D eigenvalue weighted by molar-refractivity contribution is 5.53. The normalized spacial score (nSPS) is 14.6. The lowest BCUT2D eigenvalue weighted by Gasteiger charge is -2.16. The van der Waals surface area contributed by atoms with Crippen molar-refractivity contribution in [1.29, 1.82) is 0 Å². The van der Waals surface area contributed by atoms with Crippen molar-refractivity contribution < 1.29 is 4.39 Å². The quantitative estimate of drug-likeness (QED) is 0.845. The first kappa shape index (κ1) is 11.3. The lowest BCUT2D eigenvalue weighted by molar-refractivity contribution is 0.623. The van der Waals surface area contributed by atoms with Gasteiger partial charge in [-0.15, -0.1) is 0 Å². The van der Waals surface area contributed by atoms with Crippen LogP contribution in [0.4, 0.5) is 10.1 Å². The molecule has 2 aromatic rings. The van der Waals surface area contributed by atoms with Gasteiger partial charge in [0.05, 0.1) is 5.69 Å². The summed E-state index contributed by atoms with van der Waals surface area (Å²) in [5, 5.41) is 3.35. The van der Waals surface area contributed by atoms with Gasteiger partial charge in [0.15, 0.2) is 0 Å². The van der Waals surface area contributed by atoms with E-state index in [4.69, 9.17) is 0 Å². The van der Waals surface area contributed by atoms with E-state index in [2.05, 4.69) is 29.6 Å². The second-order valence-corrected chi connectivity index (χ2v) is 4.95. The van der Waals surface area contributed by atoms with Crippen molar-refractivity contribution in [2.45, 2.75) is 25.8 Å². The van der Waals surface area contributed by atoms with E-state index in [9.17, 15) is 4.39 Å². The van der Waals surface area contributed by atoms with Crippen LogP contribution in [0.5, 0.6) is 0 Å². The Balaban J connectivity index is 1.80. The Morgan fingerprint density at radius 3 is 2.28 bits per heavy atom. The Kier molecular flexibility index (Phi) is 2.78. The van der Waals surface area contributed by atoms with Crippen LogP contribution in [-0.2, 0) is 12.8 Å². The number of hydrogen-bond donors (Lipinski definition) is 1. The maximum atomic E-state index is 13.8. The number of halogens is 1. The van der Waals surface area contributed by atoms with Gasteiger partial charge in [-0.05, 0) is 42.5 Å². The number of fused-ring (bicyclic) bond motifs is 1. The molecule has 0 bridgehead atoms. The Labute approximate surface area is 107 Å². The zero-order valence-corrected chi connectivity index (χ0v) is 10.4. The minimum Gasteiger partial charge on any atom is -0.379 e. The molecular formula is C16H16FN. The molecule has 0 fully saturated rings. The van der Waals surface area contributed by atoms with Gasteiger partial charge >= 0.3 is 0 Å². The molecule has 2 aromatic carbocycles. The van der Waals surface area contributed by atoms with E-state index in [1.165, 1.54) is 17.2 Å². The van der Waals surface area contributed by atoms with Gasteiger partial charge in [-0.2, -0.15) is 0 Å². The molecule has 0 saturated carbocycles. The van der Waals surface area contributed by atoms with Crippen LogP contribution in [-0.4, -0.2) is 6.04 Å². The van der Waals surface area contributed by atoms with Crippen LogP contribution in [0.3, 0.4) is 0 Å². The van der Waals surface area contributed by atoms with E-state index < -0.39 is 0 Å². The molecule has 0 radical (unpaired) electrons. The molecule has 0 atom stereocenters. The largest absolute Gasteiger partial charge is 0.379 e. The van der Waals surface area contributed by atoms with Crippen molar-refractivity contribution in [3.8, 4) is 0 Å². The SMILES string of the molecule is Cc1cccc(F)c1NC1Cc2ccccc2C1. The van der Waals surface area contributed by atoms with Crippen LogP contribution in [0.15, 0.2) is 42.5 Å². The molecule has 2 heteroatoms. The number of aryl methyl sites for hydroxylation is 1. The van der Waals surface area contributed by atoms with E-state index in [1.54, 1.807) is 6.07 Å². The lowest BCUT2D eigenvalue weighted by Crippen LogP contribution is -2.20. The van der Waals surface area contributed by atoms with Crippen LogP contribution < -0.4 is 5.32 Å². The predicted octanol–water partition coefficient (Wildman–Crippen LogP) is 3.71. The lowest BCUT2D eigenvalue weighted by atomic mass is 10.1. The second kappa shape index (κ2) is 4.45. The molecule has 1 N–H and O–H groups in total. The van der Waals surface area contributed by atoms with E-state index in [1.807, 2.05) is 13.0 Å². The summed E-state index contributed by atoms with van der Waals surface area (Å²) < 4.78 is 13.8. The minimum absolute atomic E-state index is 0.161. The third kappa shape index (κ3) is 1.99. The van der Waals surface area contributed by atoms with Crippen molar-refractivity contribution in [3.63, 3.8) is 0 Å². The molecule has 0 amide bonds. The summed E-state index contributed by atoms with van der Waals surface area (Å²) in [4.78, 5) is 0. The van der Waals surface area contributed by atoms with Crippen molar-refractivity contribution in [3.05, 3.63) is 65.0 Å². The molecule has 18 heavy (non-hydrogen) atoms. The number of anilines is 1. The number of para-hydroxylation sites is 1. The topological polar surface area (TPSA) is 12.0 Å². The van der Waals surface area contributed by atoms with Gasteiger partial charge in [0, 0.05) is 6.04 Å². The van der Waals surface area contributed by atoms with Gasteiger partial charge in [-0.1, -0.05) is 36.4 Å². The maximum Gasteiger partial charge on any atom is 0.146 e. The van der Waals surface area contributed by atoms with Gasteiger partial charge in [0.2, 0.25) is 0 Å². The highest BCUT2D eigenvalue weighted by Crippen LogP contribution is 2.27. The third-order valence-electron chi connectivity index (χ3n) is 3.62. The molecule has 0 unspecified atom stereocenters. The molecule has 0 heterocycles. The molecule has 1 nitrogen and oxygen atoms in total. The minimum atomic E-state index is -0.161. The second-order valence-electron chi connectivity index (χ2n) is 4.95. The first-order valence-corrected chi connectivity index (χ1v) is 6.32. The summed E-state index contributed by atoms with van der Waals surface area (Å²) in [5.41, 5.74) is 4.37. The highest BCUT2D eigenvalue weighted by atomic mass is 19.1. The van der Waals surface area contributed by atoms with Crippen molar-refractivity contribution in [2.24, 2.45) is 0 Å². The summed E-state index contributed by atoms with van der Waals surface area (Å²) >= 11 is 0. The van der Waals surface area contributed by atoms with Crippen LogP contribution in [0.2, 0.25) is 0 Å². The smallest absolute Gasteiger partial charge is 0.146 e. The molecule has 1 aliphatic rings. The van der Waals surface area contributed by atoms with Crippen LogP contribution in [0.25, 0.3) is 0 Å². The molecule has 92 valence electrons. The maximum absolute atomic E-state index is 13.8. The average molecular weight is 241 g/mol. The summed E-state index contributed by atoms with van der Waals surface area (Å²) in [7, 11) is 0. The van der Waals surface area contributed by atoms with E-state index in [0.717, 1.165) is 18.4 Å². The standard InChI is InChI=1S/C16H16FN/c1-11-5-4-8-15(17)16(11)18-14-9-12-6-2-3-7-13(12)10-14/h2-8,14,18H,9-10H2,1H3. The molecule has 1 aliphatic carbocycles. The zero-order valence-electron chi connectivity index (χ0n) is 10.4. The highest BCUT2D eigenvalue weighted by Gasteiger charge is 2.21. The van der Waals surface area contributed by atoms with Crippen LogP contribution in [0, 0.1) is 12.7 Å². The molecular weight excluding hydrogens is 225 g/mol. The fourth-order valence-electron chi connectivity index (χ4n) is 2.68. The van der Waals surface area contributed by atoms with Crippen molar-refractivity contribution in [1.82, 2.24) is 0 Å². The molecule has 0 aliphatic heterocycles. The zero-order chi connectivity index (χ0) is 12.5. The van der Waals surface area contributed by atoms with Gasteiger partial charge in [0.1, 0.15) is 5.82 Å². The number of rotatable bonds is 2. The van der Waals surface area contributed by atoms with E-state index in [0.29, 0.717) is 11.7 Å². The summed E-state index contributed by atoms with van der Waals surface area (Å²) in [6.07, 6.45) is 1.95. The van der Waals surface area contributed by atoms with Gasteiger partial charge in [-0.25, -0.2) is 4.39 Å². The number of benzene rings is 2. The van der Waals surface area contributed by atoms with Gasteiger partial charge < -0.3 is 5.32 Å². The van der Waals surface area contributed by atoms with Crippen LogP contribution in [0.1, 0.15) is 16.7 Å². The Morgan fingerprint density at radius 2 is 1.67 bits per heavy atom. The molecule has 3 rings (SSSR count).